The molecule has 0 saturated heterocycles. The molecule has 2 nitrogen and oxygen atoms in total. The maximum atomic E-state index is 8.67. The van der Waals surface area contributed by atoms with Gasteiger partial charge in [0.1, 0.15) is 0 Å². The van der Waals surface area contributed by atoms with Gasteiger partial charge in [0, 0.05) is 17.9 Å². The van der Waals surface area contributed by atoms with Crippen molar-refractivity contribution in [1.82, 2.24) is 5.32 Å². The minimum absolute atomic E-state index is 0.332. The van der Waals surface area contributed by atoms with E-state index in [-0.39, 0.29) is 0 Å². The van der Waals surface area contributed by atoms with Gasteiger partial charge in [-0.1, -0.05) is 12.8 Å². The highest BCUT2D eigenvalue weighted by Gasteiger charge is 2.23. The number of aliphatic hydroxyl groups is 1. The molecule has 0 bridgehead atoms. The van der Waals surface area contributed by atoms with Gasteiger partial charge in [-0.2, -0.15) is 11.8 Å². The molecule has 0 amide bonds. The Morgan fingerprint density at radius 3 is 2.79 bits per heavy atom. The Hall–Kier alpha value is 0.270. The molecule has 0 heterocycles. The fraction of sp³-hybridized carbons (Fsp3) is 1.00. The molecule has 84 valence electrons. The highest BCUT2D eigenvalue weighted by molar-refractivity contribution is 7.99. The van der Waals surface area contributed by atoms with E-state index in [4.69, 9.17) is 5.11 Å². The van der Waals surface area contributed by atoms with E-state index in [1.165, 1.54) is 25.7 Å². The van der Waals surface area contributed by atoms with Gasteiger partial charge in [0.25, 0.3) is 0 Å². The second-order valence-corrected chi connectivity index (χ2v) is 5.13. The Balaban J connectivity index is 2.13. The molecule has 0 aliphatic heterocycles. The summed E-state index contributed by atoms with van der Waals surface area (Å²) in [5, 5.41) is 13.1. The van der Waals surface area contributed by atoms with Crippen molar-refractivity contribution < 1.29 is 5.11 Å². The molecule has 1 saturated carbocycles. The van der Waals surface area contributed by atoms with E-state index in [1.807, 2.05) is 11.8 Å². The van der Waals surface area contributed by atoms with Crippen molar-refractivity contribution in [2.24, 2.45) is 0 Å². The second-order valence-electron chi connectivity index (χ2n) is 4.05. The van der Waals surface area contributed by atoms with Crippen LogP contribution in [0.5, 0.6) is 0 Å². The van der Waals surface area contributed by atoms with Gasteiger partial charge in [0.2, 0.25) is 0 Å². The predicted molar refractivity (Wildman–Crippen MR) is 63.9 cm³/mol. The normalized spacial score (nSPS) is 27.9. The van der Waals surface area contributed by atoms with Crippen LogP contribution in [-0.2, 0) is 0 Å². The molecule has 14 heavy (non-hydrogen) atoms. The minimum Gasteiger partial charge on any atom is -0.396 e. The fourth-order valence-electron chi connectivity index (χ4n) is 2.14. The molecule has 2 unspecified atom stereocenters. The largest absolute Gasteiger partial charge is 0.396 e. The molecular formula is C11H23NOS. The standard InChI is InChI=1S/C11H23NOS/c1-14-11-7-3-2-6-10(11)12-8-4-5-9-13/h10-13H,2-9H2,1H3. The maximum absolute atomic E-state index is 8.67. The van der Waals surface area contributed by atoms with Crippen molar-refractivity contribution in [3.05, 3.63) is 0 Å². The lowest BCUT2D eigenvalue weighted by Crippen LogP contribution is -2.40. The quantitative estimate of drug-likeness (QED) is 0.668. The summed E-state index contributed by atoms with van der Waals surface area (Å²) in [5.74, 6) is 0. The number of aliphatic hydroxyl groups excluding tert-OH is 1. The first-order valence-electron chi connectivity index (χ1n) is 5.75. The predicted octanol–water partition coefficient (Wildman–Crippen LogP) is 2.02. The summed E-state index contributed by atoms with van der Waals surface area (Å²) >= 11 is 2.01. The first-order valence-corrected chi connectivity index (χ1v) is 7.04. The van der Waals surface area contributed by atoms with Gasteiger partial charge in [-0.25, -0.2) is 0 Å². The summed E-state index contributed by atoms with van der Waals surface area (Å²) in [6.07, 6.45) is 9.76. The Morgan fingerprint density at radius 2 is 2.07 bits per heavy atom. The van der Waals surface area contributed by atoms with Gasteiger partial charge >= 0.3 is 0 Å². The zero-order chi connectivity index (χ0) is 10.2. The maximum Gasteiger partial charge on any atom is 0.0431 e. The van der Waals surface area contributed by atoms with E-state index in [1.54, 1.807) is 0 Å². The zero-order valence-corrected chi connectivity index (χ0v) is 9.98. The third-order valence-corrected chi connectivity index (χ3v) is 4.17. The Kier molecular flexibility index (Phi) is 6.65. The van der Waals surface area contributed by atoms with Gasteiger partial charge < -0.3 is 10.4 Å². The highest BCUT2D eigenvalue weighted by Crippen LogP contribution is 2.26. The van der Waals surface area contributed by atoms with Gasteiger partial charge in [-0.15, -0.1) is 0 Å². The number of nitrogens with one attached hydrogen (secondary N) is 1. The van der Waals surface area contributed by atoms with Crippen LogP contribution < -0.4 is 5.32 Å². The van der Waals surface area contributed by atoms with Crippen LogP contribution in [0.1, 0.15) is 38.5 Å². The first kappa shape index (κ1) is 12.3. The topological polar surface area (TPSA) is 32.3 Å². The number of hydrogen-bond acceptors (Lipinski definition) is 3. The fourth-order valence-corrected chi connectivity index (χ4v) is 3.10. The number of unbranched alkanes of at least 4 members (excludes halogenated alkanes) is 1. The molecule has 1 aliphatic carbocycles. The van der Waals surface area contributed by atoms with Crippen molar-refractivity contribution in [2.75, 3.05) is 19.4 Å². The van der Waals surface area contributed by atoms with E-state index < -0.39 is 0 Å². The van der Waals surface area contributed by atoms with Crippen molar-refractivity contribution in [2.45, 2.75) is 49.8 Å². The lowest BCUT2D eigenvalue weighted by Gasteiger charge is -2.31. The summed E-state index contributed by atoms with van der Waals surface area (Å²) < 4.78 is 0. The third kappa shape index (κ3) is 4.20. The van der Waals surface area contributed by atoms with Crippen LogP contribution in [0.25, 0.3) is 0 Å². The average molecular weight is 217 g/mol. The summed E-state index contributed by atoms with van der Waals surface area (Å²) in [6, 6.07) is 0.720. The van der Waals surface area contributed by atoms with Crippen LogP contribution in [0.4, 0.5) is 0 Å². The molecule has 3 heteroatoms. The summed E-state index contributed by atoms with van der Waals surface area (Å²) in [5.41, 5.74) is 0. The van der Waals surface area contributed by atoms with E-state index in [9.17, 15) is 0 Å². The van der Waals surface area contributed by atoms with Gasteiger partial charge in [-0.3, -0.25) is 0 Å². The minimum atomic E-state index is 0.332. The highest BCUT2D eigenvalue weighted by atomic mass is 32.2. The lowest BCUT2D eigenvalue weighted by atomic mass is 9.95. The smallest absolute Gasteiger partial charge is 0.0431 e. The molecule has 0 radical (unpaired) electrons. The molecule has 0 aromatic rings. The van der Waals surface area contributed by atoms with Crippen LogP contribution >= 0.6 is 11.8 Å². The Bertz CT molecular complexity index is 143. The molecule has 2 atom stereocenters. The van der Waals surface area contributed by atoms with Crippen LogP contribution in [0.3, 0.4) is 0 Å². The zero-order valence-electron chi connectivity index (χ0n) is 9.17. The summed E-state index contributed by atoms with van der Waals surface area (Å²) in [7, 11) is 0. The van der Waals surface area contributed by atoms with Gasteiger partial charge in [-0.05, 0) is 38.5 Å². The monoisotopic (exact) mass is 217 g/mol. The van der Waals surface area contributed by atoms with Crippen molar-refractivity contribution in [3.8, 4) is 0 Å². The van der Waals surface area contributed by atoms with Crippen LogP contribution in [0.2, 0.25) is 0 Å². The van der Waals surface area contributed by atoms with E-state index in [0.717, 1.165) is 30.7 Å². The summed E-state index contributed by atoms with van der Waals surface area (Å²) in [6.45, 7) is 1.40. The molecular weight excluding hydrogens is 194 g/mol. The molecule has 0 spiro atoms. The Morgan fingerprint density at radius 1 is 1.29 bits per heavy atom. The van der Waals surface area contributed by atoms with Crippen molar-refractivity contribution >= 4 is 11.8 Å². The van der Waals surface area contributed by atoms with E-state index in [0.29, 0.717) is 6.61 Å². The lowest BCUT2D eigenvalue weighted by molar-refractivity contribution is 0.280. The molecule has 1 fully saturated rings. The van der Waals surface area contributed by atoms with Crippen LogP contribution in [-0.4, -0.2) is 35.8 Å². The number of hydrogen-bond donors (Lipinski definition) is 2. The molecule has 1 rings (SSSR count). The second kappa shape index (κ2) is 7.55. The molecule has 2 N–H and O–H groups in total. The van der Waals surface area contributed by atoms with Crippen LogP contribution in [0.15, 0.2) is 0 Å². The van der Waals surface area contributed by atoms with E-state index in [2.05, 4.69) is 11.6 Å². The first-order chi connectivity index (χ1) is 6.88. The average Bonchev–Trinajstić information content (AvgIpc) is 2.25. The van der Waals surface area contributed by atoms with Gasteiger partial charge in [0.15, 0.2) is 0 Å². The van der Waals surface area contributed by atoms with Crippen LogP contribution in [0, 0.1) is 0 Å². The SMILES string of the molecule is CSC1CCCCC1NCCCCO. The molecule has 0 aromatic heterocycles. The number of thioether (sulfide) groups is 1. The van der Waals surface area contributed by atoms with Gasteiger partial charge in [0.05, 0.1) is 0 Å². The number of rotatable bonds is 6. The summed E-state index contributed by atoms with van der Waals surface area (Å²) in [4.78, 5) is 0. The van der Waals surface area contributed by atoms with Crippen molar-refractivity contribution in [3.63, 3.8) is 0 Å². The third-order valence-electron chi connectivity index (χ3n) is 3.00. The molecule has 0 aromatic carbocycles. The van der Waals surface area contributed by atoms with Crippen molar-refractivity contribution in [1.29, 1.82) is 0 Å². The van der Waals surface area contributed by atoms with E-state index >= 15 is 0 Å². The molecule has 1 aliphatic rings. The Labute approximate surface area is 91.9 Å².